The van der Waals surface area contributed by atoms with Crippen LogP contribution < -0.4 is 5.32 Å². The lowest BCUT2D eigenvalue weighted by atomic mass is 10.2. The van der Waals surface area contributed by atoms with E-state index in [9.17, 15) is 15.2 Å². The van der Waals surface area contributed by atoms with Gasteiger partial charge in [0.1, 0.15) is 0 Å². The van der Waals surface area contributed by atoms with Crippen molar-refractivity contribution in [3.05, 3.63) is 27.1 Å². The molecule has 7 heteroatoms. The van der Waals surface area contributed by atoms with Gasteiger partial charge in [-0.15, -0.1) is 0 Å². The van der Waals surface area contributed by atoms with E-state index in [2.05, 4.69) is 5.32 Å². The van der Waals surface area contributed by atoms with Crippen molar-refractivity contribution in [3.8, 4) is 0 Å². The lowest BCUT2D eigenvalue weighted by Crippen LogP contribution is -2.38. The Bertz CT molecular complexity index is 381. The molecule has 2 rings (SSSR count). The molecule has 2 unspecified atom stereocenters. The molecule has 16 heavy (non-hydrogen) atoms. The van der Waals surface area contributed by atoms with Crippen LogP contribution in [0.25, 0.3) is 0 Å². The molecule has 0 aliphatic carbocycles. The summed E-state index contributed by atoms with van der Waals surface area (Å²) in [4.78, 5) is 10.9. The summed E-state index contributed by atoms with van der Waals surface area (Å²) in [5.74, 6) is 0. The molecule has 2 atom stereocenters. The predicted molar refractivity (Wildman–Crippen MR) is 58.4 cm³/mol. The first-order valence-corrected chi connectivity index (χ1v) is 5.71. The van der Waals surface area contributed by atoms with Crippen LogP contribution in [-0.4, -0.2) is 35.4 Å². The first-order valence-electron chi connectivity index (χ1n) is 4.89. The highest BCUT2D eigenvalue weighted by molar-refractivity contribution is 7.15. The molecule has 1 fully saturated rings. The summed E-state index contributed by atoms with van der Waals surface area (Å²) in [6.07, 6.45) is -0.491. The van der Waals surface area contributed by atoms with Crippen molar-refractivity contribution in [2.24, 2.45) is 0 Å². The van der Waals surface area contributed by atoms with E-state index in [0.29, 0.717) is 19.8 Å². The molecule has 0 aromatic carbocycles. The molecule has 0 radical (unpaired) electrons. The van der Waals surface area contributed by atoms with Gasteiger partial charge in [-0.25, -0.2) is 0 Å². The van der Waals surface area contributed by atoms with Crippen molar-refractivity contribution >= 4 is 16.3 Å². The second-order valence-electron chi connectivity index (χ2n) is 3.59. The second kappa shape index (κ2) is 4.88. The van der Waals surface area contributed by atoms with Crippen molar-refractivity contribution in [2.45, 2.75) is 18.7 Å². The fourth-order valence-electron chi connectivity index (χ4n) is 1.53. The van der Waals surface area contributed by atoms with E-state index in [0.717, 1.165) is 16.2 Å². The van der Waals surface area contributed by atoms with Crippen molar-refractivity contribution in [1.82, 2.24) is 5.32 Å². The van der Waals surface area contributed by atoms with Gasteiger partial charge in [-0.05, 0) is 6.07 Å². The van der Waals surface area contributed by atoms with E-state index >= 15 is 0 Å². The Morgan fingerprint density at radius 1 is 1.62 bits per heavy atom. The normalized spacial score (nSPS) is 24.8. The Morgan fingerprint density at radius 2 is 2.44 bits per heavy atom. The molecule has 88 valence electrons. The number of nitrogens with one attached hydrogen (secondary N) is 1. The lowest BCUT2D eigenvalue weighted by Gasteiger charge is -2.13. The third-order valence-electron chi connectivity index (χ3n) is 2.42. The Hall–Kier alpha value is -1.02. The first-order chi connectivity index (χ1) is 7.66. The highest BCUT2D eigenvalue weighted by Gasteiger charge is 2.25. The van der Waals surface area contributed by atoms with E-state index < -0.39 is 11.0 Å². The summed E-state index contributed by atoms with van der Waals surface area (Å²) >= 11 is 1.14. The van der Waals surface area contributed by atoms with E-state index in [1.165, 1.54) is 6.07 Å². The average molecular weight is 244 g/mol. The molecule has 2 heterocycles. The molecule has 0 amide bonds. The van der Waals surface area contributed by atoms with E-state index in [1.54, 1.807) is 6.07 Å². The molecule has 6 nitrogen and oxygen atoms in total. The molecular weight excluding hydrogens is 232 g/mol. The maximum Gasteiger partial charge on any atom is 0.324 e. The maximum atomic E-state index is 10.5. The highest BCUT2D eigenvalue weighted by atomic mass is 32.1. The van der Waals surface area contributed by atoms with Crippen molar-refractivity contribution in [2.75, 3.05) is 13.2 Å². The zero-order valence-electron chi connectivity index (χ0n) is 8.46. The molecular formula is C9H12N2O4S. The van der Waals surface area contributed by atoms with Crippen molar-refractivity contribution in [1.29, 1.82) is 0 Å². The minimum atomic E-state index is -0.491. The highest BCUT2D eigenvalue weighted by Crippen LogP contribution is 2.23. The fourth-order valence-corrected chi connectivity index (χ4v) is 2.30. The Morgan fingerprint density at radius 3 is 3.00 bits per heavy atom. The number of rotatable bonds is 4. The number of aliphatic hydroxyl groups excluding tert-OH is 1. The van der Waals surface area contributed by atoms with Crippen LogP contribution in [0.4, 0.5) is 5.00 Å². The Balaban J connectivity index is 1.87. The third kappa shape index (κ3) is 2.56. The lowest BCUT2D eigenvalue weighted by molar-refractivity contribution is -0.380. The van der Waals surface area contributed by atoms with Crippen LogP contribution in [0.1, 0.15) is 4.88 Å². The zero-order chi connectivity index (χ0) is 11.5. The number of ether oxygens (including phenoxy) is 1. The first kappa shape index (κ1) is 11.5. The zero-order valence-corrected chi connectivity index (χ0v) is 9.27. The smallest absolute Gasteiger partial charge is 0.324 e. The number of hydrogen-bond donors (Lipinski definition) is 2. The number of nitrogens with zero attached hydrogens (tertiary/aromatic N) is 1. The molecule has 1 aromatic heterocycles. The van der Waals surface area contributed by atoms with Crippen LogP contribution in [0, 0.1) is 10.1 Å². The predicted octanol–water partition coefficient (Wildman–Crippen LogP) is 0.506. The summed E-state index contributed by atoms with van der Waals surface area (Å²) < 4.78 is 5.08. The summed E-state index contributed by atoms with van der Waals surface area (Å²) in [6.45, 7) is 1.35. The van der Waals surface area contributed by atoms with Crippen LogP contribution >= 0.6 is 11.3 Å². The fraction of sp³-hybridized carbons (Fsp3) is 0.556. The molecule has 1 aliphatic rings. The van der Waals surface area contributed by atoms with Gasteiger partial charge in [0, 0.05) is 17.5 Å². The van der Waals surface area contributed by atoms with Gasteiger partial charge in [0.25, 0.3) is 0 Å². The minimum Gasteiger partial charge on any atom is -0.389 e. The number of aliphatic hydroxyl groups is 1. The average Bonchev–Trinajstić information content (AvgIpc) is 2.83. The second-order valence-corrected chi connectivity index (χ2v) is 4.74. The van der Waals surface area contributed by atoms with Crippen LogP contribution in [-0.2, 0) is 11.3 Å². The summed E-state index contributed by atoms with van der Waals surface area (Å²) in [7, 11) is 0. The largest absolute Gasteiger partial charge is 0.389 e. The summed E-state index contributed by atoms with van der Waals surface area (Å²) in [6, 6.07) is 3.13. The van der Waals surface area contributed by atoms with Gasteiger partial charge in [0.15, 0.2) is 0 Å². The third-order valence-corrected chi connectivity index (χ3v) is 3.45. The maximum absolute atomic E-state index is 10.5. The van der Waals surface area contributed by atoms with Crippen LogP contribution in [0.2, 0.25) is 0 Å². The van der Waals surface area contributed by atoms with Crippen LogP contribution in [0.5, 0.6) is 0 Å². The molecule has 1 aromatic rings. The molecule has 1 saturated heterocycles. The van der Waals surface area contributed by atoms with Crippen LogP contribution in [0.15, 0.2) is 12.1 Å². The van der Waals surface area contributed by atoms with E-state index in [1.807, 2.05) is 0 Å². The van der Waals surface area contributed by atoms with Crippen LogP contribution in [0.3, 0.4) is 0 Å². The molecule has 1 aliphatic heterocycles. The van der Waals surface area contributed by atoms with Gasteiger partial charge in [-0.1, -0.05) is 11.3 Å². The molecule has 2 N–H and O–H groups in total. The standard InChI is InChI=1S/C9H12N2O4S/c12-8-5-15-4-7(8)10-3-6-1-2-9(16-6)11(13)14/h1-2,7-8,10,12H,3-5H2. The van der Waals surface area contributed by atoms with Gasteiger partial charge in [0.05, 0.1) is 30.3 Å². The SMILES string of the molecule is O=[N+]([O-])c1ccc(CNC2COCC2O)s1. The number of hydrogen-bond acceptors (Lipinski definition) is 6. The van der Waals surface area contributed by atoms with Crippen molar-refractivity contribution < 1.29 is 14.8 Å². The minimum absolute atomic E-state index is 0.0823. The summed E-state index contributed by atoms with van der Waals surface area (Å²) in [5, 5.41) is 23.2. The van der Waals surface area contributed by atoms with E-state index in [-0.39, 0.29) is 11.0 Å². The number of thiophene rings is 1. The quantitative estimate of drug-likeness (QED) is 0.595. The topological polar surface area (TPSA) is 84.6 Å². The molecule has 0 spiro atoms. The monoisotopic (exact) mass is 244 g/mol. The van der Waals surface area contributed by atoms with Gasteiger partial charge >= 0.3 is 5.00 Å². The number of nitro groups is 1. The summed E-state index contributed by atoms with van der Waals surface area (Å²) in [5.41, 5.74) is 0. The van der Waals surface area contributed by atoms with E-state index in [4.69, 9.17) is 4.74 Å². The Kier molecular flexibility index (Phi) is 3.49. The van der Waals surface area contributed by atoms with Gasteiger partial charge in [-0.3, -0.25) is 10.1 Å². The molecule has 0 saturated carbocycles. The van der Waals surface area contributed by atoms with Gasteiger partial charge in [-0.2, -0.15) is 0 Å². The molecule has 0 bridgehead atoms. The Labute approximate surface area is 96.0 Å². The van der Waals surface area contributed by atoms with Gasteiger partial charge < -0.3 is 15.2 Å². The van der Waals surface area contributed by atoms with Crippen molar-refractivity contribution in [3.63, 3.8) is 0 Å². The van der Waals surface area contributed by atoms with Gasteiger partial charge in [0.2, 0.25) is 0 Å².